The third-order valence-corrected chi connectivity index (χ3v) is 1.88. The van der Waals surface area contributed by atoms with Crippen LogP contribution in [0.15, 0.2) is 0 Å². The van der Waals surface area contributed by atoms with Gasteiger partial charge in [-0.3, -0.25) is 4.79 Å². The van der Waals surface area contributed by atoms with Gasteiger partial charge in [0, 0.05) is 13.1 Å². The topological polar surface area (TPSA) is 46.3 Å². The summed E-state index contributed by atoms with van der Waals surface area (Å²) < 4.78 is 0. The number of piperidine rings is 1. The van der Waals surface area contributed by atoms with Gasteiger partial charge in [0.05, 0.1) is 6.54 Å². The summed E-state index contributed by atoms with van der Waals surface area (Å²) in [6.45, 7) is 6.24. The molecule has 2 N–H and O–H groups in total. The zero-order chi connectivity index (χ0) is 10.1. The van der Waals surface area contributed by atoms with E-state index in [0.29, 0.717) is 0 Å². The lowest BCUT2D eigenvalue weighted by Crippen LogP contribution is -2.39. The van der Waals surface area contributed by atoms with E-state index in [9.17, 15) is 4.79 Å². The standard InChI is InChI=1S/C7H14N2O.C3H8/c8-6-7(10)9-4-2-1-3-5-9;1-3-2/h1-6,8H2;3H2,1-2H3. The maximum Gasteiger partial charge on any atom is 0.236 e. The fourth-order valence-electron chi connectivity index (χ4n) is 1.27. The highest BCUT2D eigenvalue weighted by atomic mass is 16.2. The third-order valence-electron chi connectivity index (χ3n) is 1.88. The number of hydrogen-bond donors (Lipinski definition) is 1. The molecule has 78 valence electrons. The predicted molar refractivity (Wildman–Crippen MR) is 55.5 cm³/mol. The molecular formula is C10H22N2O. The van der Waals surface area contributed by atoms with Crippen LogP contribution < -0.4 is 5.73 Å². The van der Waals surface area contributed by atoms with Gasteiger partial charge >= 0.3 is 0 Å². The molecule has 0 bridgehead atoms. The van der Waals surface area contributed by atoms with Gasteiger partial charge in [0.25, 0.3) is 0 Å². The lowest BCUT2D eigenvalue weighted by atomic mass is 10.1. The number of carbonyl (C=O) groups is 1. The molecule has 0 saturated carbocycles. The average molecular weight is 186 g/mol. The van der Waals surface area contributed by atoms with Crippen LogP contribution >= 0.6 is 0 Å². The Bertz CT molecular complexity index is 131. The molecule has 0 spiro atoms. The van der Waals surface area contributed by atoms with Crippen molar-refractivity contribution >= 4 is 5.91 Å². The van der Waals surface area contributed by atoms with Crippen molar-refractivity contribution < 1.29 is 4.79 Å². The zero-order valence-corrected chi connectivity index (χ0v) is 8.88. The van der Waals surface area contributed by atoms with Crippen LogP contribution in [-0.4, -0.2) is 30.4 Å². The number of carbonyl (C=O) groups excluding carboxylic acids is 1. The molecule has 0 aliphatic carbocycles. The predicted octanol–water partition coefficient (Wildman–Crippen LogP) is 1.37. The van der Waals surface area contributed by atoms with Crippen molar-refractivity contribution in [1.82, 2.24) is 4.90 Å². The zero-order valence-electron chi connectivity index (χ0n) is 8.88. The summed E-state index contributed by atoms with van der Waals surface area (Å²) in [7, 11) is 0. The van der Waals surface area contributed by atoms with Gasteiger partial charge in [-0.15, -0.1) is 0 Å². The Morgan fingerprint density at radius 2 is 1.69 bits per heavy atom. The van der Waals surface area contributed by atoms with Crippen molar-refractivity contribution in [2.75, 3.05) is 19.6 Å². The molecule has 3 nitrogen and oxygen atoms in total. The highest BCUT2D eigenvalue weighted by molar-refractivity contribution is 5.78. The van der Waals surface area contributed by atoms with Crippen LogP contribution in [0, 0.1) is 0 Å². The second kappa shape index (κ2) is 8.05. The summed E-state index contributed by atoms with van der Waals surface area (Å²) >= 11 is 0. The quantitative estimate of drug-likeness (QED) is 0.672. The molecule has 1 amide bonds. The van der Waals surface area contributed by atoms with Crippen molar-refractivity contribution in [2.24, 2.45) is 5.73 Å². The fourth-order valence-corrected chi connectivity index (χ4v) is 1.27. The van der Waals surface area contributed by atoms with Crippen LogP contribution in [0.2, 0.25) is 0 Å². The van der Waals surface area contributed by atoms with Gasteiger partial charge in [-0.2, -0.15) is 0 Å². The Balaban J connectivity index is 0.000000424. The minimum Gasteiger partial charge on any atom is -0.342 e. The van der Waals surface area contributed by atoms with Crippen LogP contribution in [0.5, 0.6) is 0 Å². The van der Waals surface area contributed by atoms with Crippen LogP contribution in [-0.2, 0) is 4.79 Å². The number of nitrogens with zero attached hydrogens (tertiary/aromatic N) is 1. The first-order valence-corrected chi connectivity index (χ1v) is 5.24. The van der Waals surface area contributed by atoms with Crippen molar-refractivity contribution in [1.29, 1.82) is 0 Å². The van der Waals surface area contributed by atoms with Crippen LogP contribution in [0.1, 0.15) is 39.5 Å². The van der Waals surface area contributed by atoms with Gasteiger partial charge in [0.15, 0.2) is 0 Å². The third kappa shape index (κ3) is 5.64. The van der Waals surface area contributed by atoms with Gasteiger partial charge < -0.3 is 10.6 Å². The first-order valence-electron chi connectivity index (χ1n) is 5.24. The van der Waals surface area contributed by atoms with E-state index in [0.717, 1.165) is 25.9 Å². The Morgan fingerprint density at radius 1 is 1.23 bits per heavy atom. The van der Waals surface area contributed by atoms with E-state index < -0.39 is 0 Å². The van der Waals surface area contributed by atoms with Crippen molar-refractivity contribution in [3.05, 3.63) is 0 Å². The molecule has 3 heteroatoms. The molecule has 0 unspecified atom stereocenters. The molecule has 1 saturated heterocycles. The van der Waals surface area contributed by atoms with Crippen LogP contribution in [0.3, 0.4) is 0 Å². The van der Waals surface area contributed by atoms with Gasteiger partial charge in [0.2, 0.25) is 5.91 Å². The van der Waals surface area contributed by atoms with E-state index in [1.54, 1.807) is 0 Å². The minimum absolute atomic E-state index is 0.0969. The maximum atomic E-state index is 11.0. The van der Waals surface area contributed by atoms with E-state index >= 15 is 0 Å². The lowest BCUT2D eigenvalue weighted by molar-refractivity contribution is -0.130. The molecule has 0 aromatic carbocycles. The van der Waals surface area contributed by atoms with E-state index in [2.05, 4.69) is 13.8 Å². The normalized spacial score (nSPS) is 16.1. The van der Waals surface area contributed by atoms with E-state index in [1.807, 2.05) is 4.90 Å². The molecule has 1 aliphatic heterocycles. The summed E-state index contributed by atoms with van der Waals surface area (Å²) in [5.41, 5.74) is 5.21. The van der Waals surface area contributed by atoms with Crippen molar-refractivity contribution in [2.45, 2.75) is 39.5 Å². The number of likely N-dealkylation sites (tertiary alicyclic amines) is 1. The number of hydrogen-bond acceptors (Lipinski definition) is 2. The first-order chi connectivity index (χ1) is 6.26. The van der Waals surface area contributed by atoms with E-state index in [1.165, 1.54) is 12.8 Å². The summed E-state index contributed by atoms with van der Waals surface area (Å²) in [6, 6.07) is 0. The highest BCUT2D eigenvalue weighted by Gasteiger charge is 2.13. The largest absolute Gasteiger partial charge is 0.342 e. The van der Waals surface area contributed by atoms with Gasteiger partial charge in [-0.25, -0.2) is 0 Å². The summed E-state index contributed by atoms with van der Waals surface area (Å²) in [4.78, 5) is 12.8. The van der Waals surface area contributed by atoms with Crippen LogP contribution in [0.25, 0.3) is 0 Å². The SMILES string of the molecule is CCC.NCC(=O)N1CCCCC1. The van der Waals surface area contributed by atoms with Crippen molar-refractivity contribution in [3.63, 3.8) is 0 Å². The van der Waals surface area contributed by atoms with E-state index in [-0.39, 0.29) is 12.5 Å². The molecule has 1 heterocycles. The summed E-state index contributed by atoms with van der Waals surface area (Å²) in [5, 5.41) is 0. The number of amides is 1. The Hall–Kier alpha value is -0.570. The Morgan fingerprint density at radius 3 is 2.08 bits per heavy atom. The molecular weight excluding hydrogens is 164 g/mol. The van der Waals surface area contributed by atoms with Crippen molar-refractivity contribution in [3.8, 4) is 0 Å². The molecule has 1 aliphatic rings. The molecule has 13 heavy (non-hydrogen) atoms. The second-order valence-electron chi connectivity index (χ2n) is 3.35. The van der Waals surface area contributed by atoms with E-state index in [4.69, 9.17) is 5.73 Å². The smallest absolute Gasteiger partial charge is 0.236 e. The maximum absolute atomic E-state index is 11.0. The lowest BCUT2D eigenvalue weighted by Gasteiger charge is -2.25. The fraction of sp³-hybridized carbons (Fsp3) is 0.900. The number of rotatable bonds is 1. The first kappa shape index (κ1) is 12.4. The molecule has 0 aromatic rings. The minimum atomic E-state index is 0.0969. The molecule has 0 aromatic heterocycles. The molecule has 0 atom stereocenters. The summed E-state index contributed by atoms with van der Waals surface area (Å²) in [5.74, 6) is 0.0969. The van der Waals surface area contributed by atoms with Gasteiger partial charge in [-0.05, 0) is 19.3 Å². The monoisotopic (exact) mass is 186 g/mol. The average Bonchev–Trinajstić information content (AvgIpc) is 2.19. The van der Waals surface area contributed by atoms with Crippen LogP contribution in [0.4, 0.5) is 0 Å². The summed E-state index contributed by atoms with van der Waals surface area (Å²) in [6.07, 6.45) is 4.80. The van der Waals surface area contributed by atoms with Gasteiger partial charge in [0.1, 0.15) is 0 Å². The molecule has 1 rings (SSSR count). The Kier molecular flexibility index (Phi) is 7.69. The number of nitrogens with two attached hydrogens (primary N) is 1. The molecule has 1 fully saturated rings. The molecule has 0 radical (unpaired) electrons. The Labute approximate surface area is 81.3 Å². The van der Waals surface area contributed by atoms with Gasteiger partial charge in [-0.1, -0.05) is 20.3 Å². The second-order valence-corrected chi connectivity index (χ2v) is 3.35. The highest BCUT2D eigenvalue weighted by Crippen LogP contribution is 2.07.